The first kappa shape index (κ1) is 18.3. The molecule has 1 saturated heterocycles. The molecule has 0 aromatic rings. The molecule has 0 radical (unpaired) electrons. The summed E-state index contributed by atoms with van der Waals surface area (Å²) >= 11 is 0. The van der Waals surface area contributed by atoms with E-state index < -0.39 is 17.8 Å². The maximum absolute atomic E-state index is 12.0. The fourth-order valence-electron chi connectivity index (χ4n) is 1.99. The van der Waals surface area contributed by atoms with Crippen molar-refractivity contribution in [3.8, 4) is 0 Å². The molecular weight excluding hydrogens is 302 g/mol. The number of ketones is 2. The van der Waals surface area contributed by atoms with Crippen LogP contribution in [-0.4, -0.2) is 71.3 Å². The molecule has 0 bridgehead atoms. The summed E-state index contributed by atoms with van der Waals surface area (Å²) in [6, 6.07) is -0.698. The van der Waals surface area contributed by atoms with Crippen LogP contribution in [-0.2, 0) is 19.2 Å². The van der Waals surface area contributed by atoms with Crippen LogP contribution < -0.4 is 0 Å². The smallest absolute Gasteiger partial charge is 0.333 e. The third-order valence-corrected chi connectivity index (χ3v) is 3.06. The van der Waals surface area contributed by atoms with Crippen LogP contribution in [0.25, 0.3) is 0 Å². The number of carbonyl (C=O) groups excluding carboxylic acids is 5. The van der Waals surface area contributed by atoms with Crippen LogP contribution in [0.3, 0.4) is 0 Å². The largest absolute Gasteiger partial charge is 0.363 e. The van der Waals surface area contributed by atoms with Crippen molar-refractivity contribution >= 4 is 29.4 Å². The van der Waals surface area contributed by atoms with Crippen molar-refractivity contribution in [2.75, 3.05) is 27.2 Å². The molecule has 0 spiro atoms. The van der Waals surface area contributed by atoms with Crippen molar-refractivity contribution in [3.63, 3.8) is 0 Å². The second kappa shape index (κ2) is 7.48. The Bertz CT molecular complexity index is 579. The van der Waals surface area contributed by atoms with Gasteiger partial charge in [0.1, 0.15) is 17.1 Å². The zero-order valence-corrected chi connectivity index (χ0v) is 13.5. The molecule has 23 heavy (non-hydrogen) atoms. The Kier molecular flexibility index (Phi) is 5.94. The van der Waals surface area contributed by atoms with Gasteiger partial charge in [0.2, 0.25) is 0 Å². The number of urea groups is 1. The van der Waals surface area contributed by atoms with Gasteiger partial charge in [-0.1, -0.05) is 0 Å². The number of barbiturate groups is 1. The molecule has 0 saturated carbocycles. The van der Waals surface area contributed by atoms with E-state index in [9.17, 15) is 24.0 Å². The molecule has 0 aromatic carbocycles. The highest BCUT2D eigenvalue weighted by Crippen LogP contribution is 2.14. The van der Waals surface area contributed by atoms with Gasteiger partial charge in [0.25, 0.3) is 11.8 Å². The quantitative estimate of drug-likeness (QED) is 0.503. The first-order valence-electron chi connectivity index (χ1n) is 6.86. The SMILES string of the molecule is CC(=O)CN(/C=C/C=C1C(=O)N(C)C(=O)N(C)C1=O)CC(C)=O. The van der Waals surface area contributed by atoms with Crippen molar-refractivity contribution in [3.05, 3.63) is 23.9 Å². The summed E-state index contributed by atoms with van der Waals surface area (Å²) in [4.78, 5) is 61.0. The number of nitrogens with zero attached hydrogens (tertiary/aromatic N) is 3. The van der Waals surface area contributed by atoms with Crippen LogP contribution in [0.2, 0.25) is 0 Å². The van der Waals surface area contributed by atoms with Gasteiger partial charge in [-0.3, -0.25) is 29.0 Å². The second-order valence-electron chi connectivity index (χ2n) is 5.24. The first-order chi connectivity index (χ1) is 10.6. The predicted molar refractivity (Wildman–Crippen MR) is 81.1 cm³/mol. The standard InChI is InChI=1S/C15H19N3O5/c1-10(19)8-18(9-11(2)20)7-5-6-12-13(21)16(3)15(23)17(4)14(12)22/h5-7H,8-9H2,1-4H3/b7-5+. The zero-order valence-electron chi connectivity index (χ0n) is 13.5. The molecule has 0 aromatic heterocycles. The molecule has 0 atom stereocenters. The van der Waals surface area contributed by atoms with Gasteiger partial charge in [-0.15, -0.1) is 0 Å². The molecule has 4 amide bonds. The van der Waals surface area contributed by atoms with E-state index in [1.54, 1.807) is 0 Å². The Hall–Kier alpha value is -2.77. The third kappa shape index (κ3) is 4.60. The van der Waals surface area contributed by atoms with Crippen LogP contribution in [0.4, 0.5) is 4.79 Å². The van der Waals surface area contributed by atoms with E-state index in [1.165, 1.54) is 51.2 Å². The number of carbonyl (C=O) groups is 5. The van der Waals surface area contributed by atoms with Gasteiger partial charge in [0.05, 0.1) is 13.1 Å². The number of imide groups is 2. The topological polar surface area (TPSA) is 95.1 Å². The van der Waals surface area contributed by atoms with E-state index in [4.69, 9.17) is 0 Å². The zero-order chi connectivity index (χ0) is 17.7. The molecule has 124 valence electrons. The van der Waals surface area contributed by atoms with Crippen molar-refractivity contribution in [1.82, 2.24) is 14.7 Å². The van der Waals surface area contributed by atoms with Gasteiger partial charge < -0.3 is 4.90 Å². The Morgan fingerprint density at radius 2 is 1.39 bits per heavy atom. The molecule has 1 heterocycles. The fraction of sp³-hybridized carbons (Fsp3) is 0.400. The summed E-state index contributed by atoms with van der Waals surface area (Å²) < 4.78 is 0. The number of allylic oxidation sites excluding steroid dienone is 2. The Morgan fingerprint density at radius 3 is 1.78 bits per heavy atom. The Labute approximate surface area is 134 Å². The van der Waals surface area contributed by atoms with Crippen LogP contribution in [0.1, 0.15) is 13.8 Å². The average Bonchev–Trinajstić information content (AvgIpc) is 2.45. The van der Waals surface area contributed by atoms with E-state index in [-0.39, 0.29) is 30.2 Å². The normalized spacial score (nSPS) is 15.5. The maximum Gasteiger partial charge on any atom is 0.333 e. The molecular formula is C15H19N3O5. The summed E-state index contributed by atoms with van der Waals surface area (Å²) in [6.07, 6.45) is 4.11. The minimum Gasteiger partial charge on any atom is -0.363 e. The molecule has 8 nitrogen and oxygen atoms in total. The average molecular weight is 321 g/mol. The maximum atomic E-state index is 12.0. The molecule has 1 fully saturated rings. The van der Waals surface area contributed by atoms with Crippen molar-refractivity contribution < 1.29 is 24.0 Å². The number of amides is 4. The lowest BCUT2D eigenvalue weighted by molar-refractivity contribution is -0.134. The Balaban J connectivity index is 2.97. The van der Waals surface area contributed by atoms with E-state index in [1.807, 2.05) is 0 Å². The van der Waals surface area contributed by atoms with Gasteiger partial charge in [-0.05, 0) is 32.2 Å². The number of likely N-dealkylation sites (N-methyl/N-ethyl adjacent to an activating group) is 2. The van der Waals surface area contributed by atoms with Crippen LogP contribution in [0.5, 0.6) is 0 Å². The summed E-state index contributed by atoms with van der Waals surface area (Å²) in [5.74, 6) is -1.66. The minimum absolute atomic E-state index is 0.0411. The lowest BCUT2D eigenvalue weighted by Crippen LogP contribution is -2.53. The van der Waals surface area contributed by atoms with Crippen molar-refractivity contribution in [1.29, 1.82) is 0 Å². The highest BCUT2D eigenvalue weighted by molar-refractivity contribution is 6.28. The Morgan fingerprint density at radius 1 is 0.957 bits per heavy atom. The highest BCUT2D eigenvalue weighted by Gasteiger charge is 2.37. The molecule has 0 aliphatic carbocycles. The number of Topliss-reactive ketones (excluding diaryl/α,β-unsaturated/α-hetero) is 2. The predicted octanol–water partition coefficient (Wildman–Crippen LogP) is -0.0431. The second-order valence-corrected chi connectivity index (χ2v) is 5.24. The summed E-state index contributed by atoms with van der Waals surface area (Å²) in [5, 5.41) is 0. The van der Waals surface area contributed by atoms with Crippen LogP contribution >= 0.6 is 0 Å². The number of rotatable bonds is 6. The van der Waals surface area contributed by atoms with Gasteiger partial charge in [0, 0.05) is 14.1 Å². The molecule has 0 N–H and O–H groups in total. The number of hydrogen-bond acceptors (Lipinski definition) is 6. The van der Waals surface area contributed by atoms with Gasteiger partial charge in [-0.2, -0.15) is 0 Å². The van der Waals surface area contributed by atoms with E-state index in [0.717, 1.165) is 9.80 Å². The molecule has 0 unspecified atom stereocenters. The summed E-state index contributed by atoms with van der Waals surface area (Å²) in [5.41, 5.74) is -0.170. The summed E-state index contributed by atoms with van der Waals surface area (Å²) in [6.45, 7) is 2.87. The van der Waals surface area contributed by atoms with Crippen LogP contribution in [0, 0.1) is 0 Å². The molecule has 1 rings (SSSR count). The lowest BCUT2D eigenvalue weighted by Gasteiger charge is -2.28. The number of hydrogen-bond donors (Lipinski definition) is 0. The van der Waals surface area contributed by atoms with Gasteiger partial charge in [-0.25, -0.2) is 4.79 Å². The van der Waals surface area contributed by atoms with E-state index in [0.29, 0.717) is 0 Å². The fourth-order valence-corrected chi connectivity index (χ4v) is 1.99. The van der Waals surface area contributed by atoms with E-state index >= 15 is 0 Å². The highest BCUT2D eigenvalue weighted by atomic mass is 16.2. The first-order valence-corrected chi connectivity index (χ1v) is 6.86. The molecule has 8 heteroatoms. The van der Waals surface area contributed by atoms with E-state index in [2.05, 4.69) is 0 Å². The molecule has 1 aliphatic rings. The van der Waals surface area contributed by atoms with Gasteiger partial charge in [0.15, 0.2) is 0 Å². The lowest BCUT2D eigenvalue weighted by atomic mass is 10.1. The molecule has 1 aliphatic heterocycles. The summed E-state index contributed by atoms with van der Waals surface area (Å²) in [7, 11) is 2.56. The van der Waals surface area contributed by atoms with Crippen molar-refractivity contribution in [2.24, 2.45) is 0 Å². The monoisotopic (exact) mass is 321 g/mol. The third-order valence-electron chi connectivity index (χ3n) is 3.06. The van der Waals surface area contributed by atoms with Crippen LogP contribution in [0.15, 0.2) is 23.9 Å². The minimum atomic E-state index is -0.701. The van der Waals surface area contributed by atoms with Gasteiger partial charge >= 0.3 is 6.03 Å². The van der Waals surface area contributed by atoms with Crippen molar-refractivity contribution in [2.45, 2.75) is 13.8 Å².